The molecule has 0 fully saturated rings. The minimum absolute atomic E-state index is 0.115. The average Bonchev–Trinajstić information content (AvgIpc) is 3.42. The zero-order valence-electron chi connectivity index (χ0n) is 48.4. The summed E-state index contributed by atoms with van der Waals surface area (Å²) in [6, 6.07) is 0. The standard InChI is InChI=1S/C70H108O6/c1-4-7-10-13-16-19-22-24-26-28-30-32-33-34-35-36-37-39-40-42-44-46-48-51-54-57-60-63-69(72)75-66-67(65-74-68(71)62-59-56-53-50-21-18-15-12-9-6-3)76-70(73)64-61-58-55-52-49-47-45-43-41-38-31-29-27-25-23-20-17-14-11-8-5-2/h7-8,10-12,15-17,19-20,24-27,30-32,34-35,37-39,42-45,49,52,67H,4-6,9,13-14,18,21-23,28-29,33,36,40-41,46-48,50-51,53-66H2,1-3H3/b10-7-,11-8-,15-12-,19-16-,20-17-,26-24-,27-25-,32-30-,35-34-,38-31-,39-37-,44-42-,45-43-,52-49-. The number of esters is 3. The topological polar surface area (TPSA) is 78.9 Å². The van der Waals surface area contributed by atoms with Crippen molar-refractivity contribution in [3.05, 3.63) is 170 Å². The summed E-state index contributed by atoms with van der Waals surface area (Å²) in [6.45, 7) is 6.27. The van der Waals surface area contributed by atoms with Gasteiger partial charge in [0.05, 0.1) is 0 Å². The SMILES string of the molecule is CC/C=C\C/C=C\C/C=C\C/C=C\C/C=C\C/C=C\C/C=C\CCCCCCCC(=O)OCC(COC(=O)CCCCCCC/C=C\CCC)OC(=O)CCCC/C=C\C/C=C\C/C=C\C/C=C\C/C=C\C/C=C\CC. The zero-order valence-corrected chi connectivity index (χ0v) is 48.4. The van der Waals surface area contributed by atoms with Crippen molar-refractivity contribution in [2.45, 2.75) is 239 Å². The molecule has 0 amide bonds. The van der Waals surface area contributed by atoms with E-state index in [0.717, 1.165) is 173 Å². The van der Waals surface area contributed by atoms with Gasteiger partial charge in [0.1, 0.15) is 13.2 Å². The van der Waals surface area contributed by atoms with Gasteiger partial charge in [-0.25, -0.2) is 0 Å². The zero-order chi connectivity index (χ0) is 55.0. The molecule has 0 aliphatic rings. The Morgan fingerprint density at radius 3 is 0.842 bits per heavy atom. The van der Waals surface area contributed by atoms with Crippen molar-refractivity contribution in [1.29, 1.82) is 0 Å². The first-order chi connectivity index (χ1) is 37.5. The minimum atomic E-state index is -0.822. The van der Waals surface area contributed by atoms with E-state index in [2.05, 4.69) is 191 Å². The first kappa shape index (κ1) is 70.8. The van der Waals surface area contributed by atoms with E-state index in [4.69, 9.17) is 14.2 Å². The summed E-state index contributed by atoms with van der Waals surface area (Å²) < 4.78 is 16.8. The Kier molecular flexibility index (Phi) is 58.0. The second-order valence-electron chi connectivity index (χ2n) is 19.1. The van der Waals surface area contributed by atoms with E-state index < -0.39 is 6.10 Å². The lowest BCUT2D eigenvalue weighted by Gasteiger charge is -2.18. The molecule has 0 spiro atoms. The quantitative estimate of drug-likeness (QED) is 0.0261. The summed E-state index contributed by atoms with van der Waals surface area (Å²) in [5.41, 5.74) is 0. The summed E-state index contributed by atoms with van der Waals surface area (Å²) in [6.07, 6.45) is 92.1. The molecule has 1 atom stereocenters. The van der Waals surface area contributed by atoms with E-state index in [1.807, 2.05) is 0 Å². The molecule has 0 saturated heterocycles. The first-order valence-corrected chi connectivity index (χ1v) is 30.1. The third kappa shape index (κ3) is 59.6. The van der Waals surface area contributed by atoms with Gasteiger partial charge in [-0.1, -0.05) is 236 Å². The van der Waals surface area contributed by atoms with Gasteiger partial charge in [0.25, 0.3) is 0 Å². The van der Waals surface area contributed by atoms with Gasteiger partial charge in [-0.15, -0.1) is 0 Å². The number of ether oxygens (including phenoxy) is 3. The number of rotatable bonds is 52. The van der Waals surface area contributed by atoms with E-state index >= 15 is 0 Å². The fourth-order valence-electron chi connectivity index (χ4n) is 7.48. The second-order valence-corrected chi connectivity index (χ2v) is 19.1. The molecule has 424 valence electrons. The molecule has 0 rings (SSSR count). The van der Waals surface area contributed by atoms with Crippen LogP contribution in [0.25, 0.3) is 0 Å². The highest BCUT2D eigenvalue weighted by Crippen LogP contribution is 2.12. The van der Waals surface area contributed by atoms with Crippen molar-refractivity contribution in [2.75, 3.05) is 13.2 Å². The lowest BCUT2D eigenvalue weighted by atomic mass is 10.1. The van der Waals surface area contributed by atoms with Crippen molar-refractivity contribution < 1.29 is 28.6 Å². The first-order valence-electron chi connectivity index (χ1n) is 30.1. The summed E-state index contributed by atoms with van der Waals surface area (Å²) >= 11 is 0. The van der Waals surface area contributed by atoms with Gasteiger partial charge in [0.2, 0.25) is 0 Å². The second kappa shape index (κ2) is 62.3. The van der Waals surface area contributed by atoms with Gasteiger partial charge in [-0.3, -0.25) is 14.4 Å². The van der Waals surface area contributed by atoms with Crippen LogP contribution in [0, 0.1) is 0 Å². The molecule has 0 aromatic heterocycles. The summed E-state index contributed by atoms with van der Waals surface area (Å²) in [4.78, 5) is 38.1. The maximum absolute atomic E-state index is 12.9. The molecule has 76 heavy (non-hydrogen) atoms. The lowest BCUT2D eigenvalue weighted by molar-refractivity contribution is -0.167. The molecule has 6 heteroatoms. The molecule has 1 unspecified atom stereocenters. The van der Waals surface area contributed by atoms with Gasteiger partial charge in [-0.2, -0.15) is 0 Å². The van der Waals surface area contributed by atoms with Crippen LogP contribution in [0.15, 0.2) is 170 Å². The van der Waals surface area contributed by atoms with Crippen LogP contribution in [0.1, 0.15) is 233 Å². The molecular weight excluding hydrogens is 937 g/mol. The predicted molar refractivity (Wildman–Crippen MR) is 329 cm³/mol. The fraction of sp³-hybridized carbons (Fsp3) is 0.557. The third-order valence-electron chi connectivity index (χ3n) is 11.9. The Labute approximate surface area is 466 Å². The third-order valence-corrected chi connectivity index (χ3v) is 11.9. The Morgan fingerprint density at radius 1 is 0.276 bits per heavy atom. The van der Waals surface area contributed by atoms with Gasteiger partial charge in [0.15, 0.2) is 6.10 Å². The molecule has 0 aliphatic heterocycles. The van der Waals surface area contributed by atoms with Crippen LogP contribution in [0.2, 0.25) is 0 Å². The van der Waals surface area contributed by atoms with Gasteiger partial charge < -0.3 is 14.2 Å². The van der Waals surface area contributed by atoms with Crippen molar-refractivity contribution in [3.63, 3.8) is 0 Å². The van der Waals surface area contributed by atoms with Crippen molar-refractivity contribution in [2.24, 2.45) is 0 Å². The smallest absolute Gasteiger partial charge is 0.306 e. The maximum Gasteiger partial charge on any atom is 0.306 e. The van der Waals surface area contributed by atoms with Crippen LogP contribution in [0.4, 0.5) is 0 Å². The molecule has 0 aliphatic carbocycles. The van der Waals surface area contributed by atoms with Crippen LogP contribution >= 0.6 is 0 Å². The molecule has 0 saturated carbocycles. The Balaban J connectivity index is 4.44. The molecule has 0 bridgehead atoms. The van der Waals surface area contributed by atoms with Crippen LogP contribution < -0.4 is 0 Å². The number of carbonyl (C=O) groups excluding carboxylic acids is 3. The Bertz CT molecular complexity index is 1770. The molecule has 0 radical (unpaired) electrons. The number of hydrogen-bond acceptors (Lipinski definition) is 6. The highest BCUT2D eigenvalue weighted by atomic mass is 16.6. The number of carbonyl (C=O) groups is 3. The van der Waals surface area contributed by atoms with Crippen LogP contribution in [0.5, 0.6) is 0 Å². The number of hydrogen-bond donors (Lipinski definition) is 0. The summed E-state index contributed by atoms with van der Waals surface area (Å²) in [5, 5.41) is 0. The van der Waals surface area contributed by atoms with E-state index in [1.165, 1.54) is 12.8 Å². The van der Waals surface area contributed by atoms with Crippen molar-refractivity contribution >= 4 is 17.9 Å². The molecule has 0 heterocycles. The van der Waals surface area contributed by atoms with Crippen LogP contribution in [0.3, 0.4) is 0 Å². The van der Waals surface area contributed by atoms with Gasteiger partial charge >= 0.3 is 17.9 Å². The highest BCUT2D eigenvalue weighted by Gasteiger charge is 2.19. The monoisotopic (exact) mass is 1040 g/mol. The van der Waals surface area contributed by atoms with E-state index in [1.54, 1.807) is 0 Å². The van der Waals surface area contributed by atoms with Crippen molar-refractivity contribution in [1.82, 2.24) is 0 Å². The molecule has 6 nitrogen and oxygen atoms in total. The number of unbranched alkanes of at least 4 members (excludes halogenated alkanes) is 13. The minimum Gasteiger partial charge on any atom is -0.462 e. The average molecular weight is 1050 g/mol. The van der Waals surface area contributed by atoms with Crippen LogP contribution in [-0.4, -0.2) is 37.2 Å². The van der Waals surface area contributed by atoms with E-state index in [9.17, 15) is 14.4 Å². The molecule has 0 N–H and O–H groups in total. The van der Waals surface area contributed by atoms with Gasteiger partial charge in [0, 0.05) is 19.3 Å². The highest BCUT2D eigenvalue weighted by molar-refractivity contribution is 5.71. The lowest BCUT2D eigenvalue weighted by Crippen LogP contribution is -2.30. The maximum atomic E-state index is 12.9. The summed E-state index contributed by atoms with van der Waals surface area (Å²) in [7, 11) is 0. The largest absolute Gasteiger partial charge is 0.462 e. The number of allylic oxidation sites excluding steroid dienone is 28. The normalized spacial score (nSPS) is 13.4. The Hall–Kier alpha value is -5.23. The molecular formula is C70H108O6. The van der Waals surface area contributed by atoms with E-state index in [0.29, 0.717) is 19.3 Å². The predicted octanol–water partition coefficient (Wildman–Crippen LogP) is 20.7. The van der Waals surface area contributed by atoms with Crippen molar-refractivity contribution in [3.8, 4) is 0 Å². The van der Waals surface area contributed by atoms with E-state index in [-0.39, 0.29) is 37.5 Å². The molecule has 0 aromatic rings. The van der Waals surface area contributed by atoms with Crippen LogP contribution in [-0.2, 0) is 28.6 Å². The molecule has 0 aromatic carbocycles. The Morgan fingerprint density at radius 2 is 0.513 bits per heavy atom. The fourth-order valence-corrected chi connectivity index (χ4v) is 7.48. The summed E-state index contributed by atoms with van der Waals surface area (Å²) in [5.74, 6) is -0.999. The van der Waals surface area contributed by atoms with Gasteiger partial charge in [-0.05, 0) is 148 Å².